The Kier molecular flexibility index (Phi) is 5.02. The molecule has 1 fully saturated rings. The number of imidazole rings is 1. The zero-order valence-corrected chi connectivity index (χ0v) is 16.4. The minimum absolute atomic E-state index is 0.139. The molecule has 8 heteroatoms. The van der Waals surface area contributed by atoms with Gasteiger partial charge in [-0.1, -0.05) is 0 Å². The first-order valence-corrected chi connectivity index (χ1v) is 9.42. The summed E-state index contributed by atoms with van der Waals surface area (Å²) in [5.41, 5.74) is 3.25. The second kappa shape index (κ2) is 7.61. The SMILES string of the molecule is COc1cc(OC2CCN(c3nn4cc(CF)nc4c(C)c3C)CC2)ccn1. The van der Waals surface area contributed by atoms with Crippen LogP contribution in [0.4, 0.5) is 10.2 Å². The van der Waals surface area contributed by atoms with Crippen molar-refractivity contribution < 1.29 is 13.9 Å². The highest BCUT2D eigenvalue weighted by Crippen LogP contribution is 2.28. The summed E-state index contributed by atoms with van der Waals surface area (Å²) in [7, 11) is 1.59. The average Bonchev–Trinajstić information content (AvgIpc) is 3.15. The van der Waals surface area contributed by atoms with Gasteiger partial charge in [0.05, 0.1) is 19.0 Å². The number of methoxy groups -OCH3 is 1. The molecule has 1 aliphatic heterocycles. The maximum absolute atomic E-state index is 13.0. The molecule has 148 valence electrons. The molecular weight excluding hydrogens is 361 g/mol. The molecule has 0 aliphatic carbocycles. The summed E-state index contributed by atoms with van der Waals surface area (Å²) in [4.78, 5) is 10.7. The Bertz CT molecular complexity index is 982. The van der Waals surface area contributed by atoms with Crippen LogP contribution in [0.1, 0.15) is 29.7 Å². The van der Waals surface area contributed by atoms with Gasteiger partial charge in [0.25, 0.3) is 0 Å². The van der Waals surface area contributed by atoms with Crippen molar-refractivity contribution in [1.82, 2.24) is 19.6 Å². The fourth-order valence-corrected chi connectivity index (χ4v) is 3.58. The molecule has 1 aliphatic rings. The van der Waals surface area contributed by atoms with Gasteiger partial charge in [-0.05, 0) is 19.9 Å². The molecule has 0 N–H and O–H groups in total. The maximum Gasteiger partial charge on any atom is 0.216 e. The topological polar surface area (TPSA) is 64.8 Å². The van der Waals surface area contributed by atoms with Crippen molar-refractivity contribution in [3.63, 3.8) is 0 Å². The lowest BCUT2D eigenvalue weighted by atomic mass is 10.1. The van der Waals surface area contributed by atoms with Crippen LogP contribution in [0, 0.1) is 13.8 Å². The Morgan fingerprint density at radius 3 is 2.71 bits per heavy atom. The molecule has 0 bridgehead atoms. The number of aromatic nitrogens is 4. The molecule has 7 nitrogen and oxygen atoms in total. The Hall–Kier alpha value is -2.90. The normalized spacial score (nSPS) is 15.2. The van der Waals surface area contributed by atoms with Crippen molar-refractivity contribution >= 4 is 11.5 Å². The van der Waals surface area contributed by atoms with Crippen molar-refractivity contribution in [2.45, 2.75) is 39.5 Å². The fourth-order valence-electron chi connectivity index (χ4n) is 3.58. The highest BCUT2D eigenvalue weighted by atomic mass is 19.1. The summed E-state index contributed by atoms with van der Waals surface area (Å²) in [6.07, 6.45) is 5.27. The van der Waals surface area contributed by atoms with Crippen LogP contribution in [-0.4, -0.2) is 45.9 Å². The van der Waals surface area contributed by atoms with Gasteiger partial charge in [0.1, 0.15) is 18.5 Å². The first kappa shape index (κ1) is 18.5. The monoisotopic (exact) mass is 385 g/mol. The number of hydrogen-bond donors (Lipinski definition) is 0. The summed E-state index contributed by atoms with van der Waals surface area (Å²) in [6.45, 7) is 5.16. The van der Waals surface area contributed by atoms with Crippen LogP contribution in [0.15, 0.2) is 24.5 Å². The van der Waals surface area contributed by atoms with Crippen molar-refractivity contribution in [3.8, 4) is 11.6 Å². The third kappa shape index (κ3) is 3.46. The van der Waals surface area contributed by atoms with Crippen LogP contribution in [0.5, 0.6) is 11.6 Å². The van der Waals surface area contributed by atoms with Crippen LogP contribution < -0.4 is 14.4 Å². The molecule has 0 unspecified atom stereocenters. The van der Waals surface area contributed by atoms with E-state index in [4.69, 9.17) is 14.6 Å². The molecule has 0 atom stereocenters. The number of alkyl halides is 1. The Morgan fingerprint density at radius 2 is 2.00 bits per heavy atom. The van der Waals surface area contributed by atoms with Crippen LogP contribution >= 0.6 is 0 Å². The summed E-state index contributed by atoms with van der Waals surface area (Å²) in [5, 5.41) is 4.71. The van der Waals surface area contributed by atoms with Crippen molar-refractivity contribution in [2.24, 2.45) is 0 Å². The molecular formula is C20H24FN5O2. The predicted molar refractivity (Wildman–Crippen MR) is 104 cm³/mol. The zero-order valence-electron chi connectivity index (χ0n) is 16.4. The number of pyridine rings is 1. The molecule has 0 amide bonds. The number of piperidine rings is 1. The van der Waals surface area contributed by atoms with E-state index >= 15 is 0 Å². The zero-order chi connectivity index (χ0) is 19.7. The first-order valence-electron chi connectivity index (χ1n) is 9.42. The summed E-state index contributed by atoms with van der Waals surface area (Å²) in [6, 6.07) is 3.65. The molecule has 3 aromatic heterocycles. The van der Waals surface area contributed by atoms with Gasteiger partial charge in [-0.15, -0.1) is 5.10 Å². The molecule has 1 saturated heterocycles. The smallest absolute Gasteiger partial charge is 0.216 e. The van der Waals surface area contributed by atoms with Gasteiger partial charge in [-0.25, -0.2) is 18.9 Å². The Balaban J connectivity index is 1.48. The lowest BCUT2D eigenvalue weighted by molar-refractivity contribution is 0.170. The van der Waals surface area contributed by atoms with E-state index in [1.807, 2.05) is 19.9 Å². The number of fused-ring (bicyclic) bond motifs is 1. The maximum atomic E-state index is 13.0. The number of halogens is 1. The quantitative estimate of drug-likeness (QED) is 0.672. The predicted octanol–water partition coefficient (Wildman–Crippen LogP) is 3.27. The second-order valence-electron chi connectivity index (χ2n) is 7.05. The summed E-state index contributed by atoms with van der Waals surface area (Å²) >= 11 is 0. The van der Waals surface area contributed by atoms with Gasteiger partial charge < -0.3 is 14.4 Å². The molecule has 4 heterocycles. The number of rotatable bonds is 5. The Labute approximate surface area is 163 Å². The number of aryl methyl sites for hydroxylation is 1. The molecule has 0 spiro atoms. The average molecular weight is 385 g/mol. The van der Waals surface area contributed by atoms with Gasteiger partial charge in [0.2, 0.25) is 5.88 Å². The highest BCUT2D eigenvalue weighted by molar-refractivity contribution is 5.60. The molecule has 0 radical (unpaired) electrons. The minimum Gasteiger partial charge on any atom is -0.490 e. The highest BCUT2D eigenvalue weighted by Gasteiger charge is 2.24. The van der Waals surface area contributed by atoms with Gasteiger partial charge in [0.15, 0.2) is 11.5 Å². The summed E-state index contributed by atoms with van der Waals surface area (Å²) in [5.74, 6) is 2.25. The lowest BCUT2D eigenvalue weighted by Gasteiger charge is -2.33. The van der Waals surface area contributed by atoms with Crippen LogP contribution in [0.25, 0.3) is 5.65 Å². The molecule has 4 rings (SSSR count). The van der Waals surface area contributed by atoms with Gasteiger partial charge in [0, 0.05) is 49.3 Å². The number of nitrogens with zero attached hydrogens (tertiary/aromatic N) is 5. The van der Waals surface area contributed by atoms with E-state index in [1.54, 1.807) is 30.1 Å². The van der Waals surface area contributed by atoms with Crippen LogP contribution in [0.3, 0.4) is 0 Å². The lowest BCUT2D eigenvalue weighted by Crippen LogP contribution is -2.39. The largest absolute Gasteiger partial charge is 0.490 e. The second-order valence-corrected chi connectivity index (χ2v) is 7.05. The van der Waals surface area contributed by atoms with E-state index < -0.39 is 6.67 Å². The Morgan fingerprint density at radius 1 is 1.21 bits per heavy atom. The van der Waals surface area contributed by atoms with Crippen LogP contribution in [-0.2, 0) is 6.67 Å². The van der Waals surface area contributed by atoms with E-state index in [2.05, 4.69) is 14.9 Å². The van der Waals surface area contributed by atoms with Gasteiger partial charge >= 0.3 is 0 Å². The third-order valence-corrected chi connectivity index (χ3v) is 5.27. The van der Waals surface area contributed by atoms with E-state index in [-0.39, 0.29) is 6.10 Å². The van der Waals surface area contributed by atoms with Crippen LogP contribution in [0.2, 0.25) is 0 Å². The van der Waals surface area contributed by atoms with Crippen molar-refractivity contribution in [2.75, 3.05) is 25.1 Å². The van der Waals surface area contributed by atoms with E-state index in [0.29, 0.717) is 11.6 Å². The third-order valence-electron chi connectivity index (χ3n) is 5.27. The molecule has 3 aromatic rings. The minimum atomic E-state index is -0.584. The number of hydrogen-bond acceptors (Lipinski definition) is 6. The van der Waals surface area contributed by atoms with Gasteiger partial charge in [-0.2, -0.15) is 0 Å². The number of ether oxygens (including phenoxy) is 2. The fraction of sp³-hybridized carbons (Fsp3) is 0.450. The summed E-state index contributed by atoms with van der Waals surface area (Å²) < 4.78 is 25.9. The first-order chi connectivity index (χ1) is 13.6. The van der Waals surface area contributed by atoms with E-state index in [0.717, 1.165) is 54.3 Å². The number of anilines is 1. The van der Waals surface area contributed by atoms with Gasteiger partial charge in [-0.3, -0.25) is 0 Å². The van der Waals surface area contributed by atoms with Crippen molar-refractivity contribution in [1.29, 1.82) is 0 Å². The standard InChI is InChI=1S/C20H24FN5O2/c1-13-14(2)20(24-26-12-15(11-21)23-19(13)26)25-8-5-16(6-9-25)28-17-4-7-22-18(10-17)27-3/h4,7,10,12,16H,5-6,8-9,11H2,1-3H3. The van der Waals surface area contributed by atoms with Crippen molar-refractivity contribution in [3.05, 3.63) is 41.3 Å². The molecule has 0 saturated carbocycles. The van der Waals surface area contributed by atoms with E-state index in [9.17, 15) is 4.39 Å². The molecule has 28 heavy (non-hydrogen) atoms. The van der Waals surface area contributed by atoms with E-state index in [1.165, 1.54) is 0 Å². The molecule has 0 aromatic carbocycles.